The van der Waals surface area contributed by atoms with Crippen LogP contribution in [0.1, 0.15) is 23.2 Å². The van der Waals surface area contributed by atoms with Gasteiger partial charge in [0, 0.05) is 36.5 Å². The van der Waals surface area contributed by atoms with Gasteiger partial charge >= 0.3 is 6.18 Å². The van der Waals surface area contributed by atoms with E-state index < -0.39 is 22.4 Å². The van der Waals surface area contributed by atoms with Gasteiger partial charge in [0.25, 0.3) is 5.69 Å². The van der Waals surface area contributed by atoms with Gasteiger partial charge in [0.2, 0.25) is 5.91 Å². The Balaban J connectivity index is 1.58. The van der Waals surface area contributed by atoms with Crippen molar-refractivity contribution in [2.75, 3.05) is 17.2 Å². The van der Waals surface area contributed by atoms with Gasteiger partial charge in [0.15, 0.2) is 0 Å². The Bertz CT molecular complexity index is 1220. The predicted octanol–water partition coefficient (Wildman–Crippen LogP) is 4.85. The first kappa shape index (κ1) is 23.3. The Morgan fingerprint density at radius 1 is 1.06 bits per heavy atom. The molecule has 1 aromatic heterocycles. The third-order valence-electron chi connectivity index (χ3n) is 4.34. The van der Waals surface area contributed by atoms with Crippen LogP contribution in [0.25, 0.3) is 0 Å². The molecule has 10 heteroatoms. The number of nitro groups is 1. The number of halogens is 3. The third-order valence-corrected chi connectivity index (χ3v) is 4.34. The van der Waals surface area contributed by atoms with Crippen molar-refractivity contribution in [3.05, 3.63) is 93.8 Å². The Morgan fingerprint density at radius 2 is 1.88 bits per heavy atom. The molecule has 0 spiro atoms. The lowest BCUT2D eigenvalue weighted by Gasteiger charge is -2.11. The first-order valence-corrected chi connectivity index (χ1v) is 9.65. The normalized spacial score (nSPS) is 10.6. The molecule has 7 nitrogen and oxygen atoms in total. The predicted molar refractivity (Wildman–Crippen MR) is 116 cm³/mol. The maximum Gasteiger partial charge on any atom is 0.416 e. The van der Waals surface area contributed by atoms with Crippen LogP contribution in [0.2, 0.25) is 0 Å². The first-order chi connectivity index (χ1) is 15.7. The van der Waals surface area contributed by atoms with Crippen molar-refractivity contribution >= 4 is 23.0 Å². The number of pyridine rings is 1. The average molecular weight is 454 g/mol. The lowest BCUT2D eigenvalue weighted by atomic mass is 10.1. The van der Waals surface area contributed by atoms with Crippen LogP contribution in [0.4, 0.5) is 30.2 Å². The van der Waals surface area contributed by atoms with E-state index in [2.05, 4.69) is 27.5 Å². The summed E-state index contributed by atoms with van der Waals surface area (Å²) in [5.41, 5.74) is -0.166. The van der Waals surface area contributed by atoms with Crippen molar-refractivity contribution in [2.45, 2.75) is 12.6 Å². The highest BCUT2D eigenvalue weighted by molar-refractivity contribution is 5.91. The number of aromatic nitrogens is 1. The second-order valence-corrected chi connectivity index (χ2v) is 6.76. The van der Waals surface area contributed by atoms with E-state index in [-0.39, 0.29) is 24.6 Å². The van der Waals surface area contributed by atoms with Crippen molar-refractivity contribution in [3.63, 3.8) is 0 Å². The Morgan fingerprint density at radius 3 is 2.58 bits per heavy atom. The van der Waals surface area contributed by atoms with Gasteiger partial charge in [-0.1, -0.05) is 18.1 Å². The van der Waals surface area contributed by atoms with E-state index in [1.807, 2.05) is 6.07 Å². The molecule has 33 heavy (non-hydrogen) atoms. The van der Waals surface area contributed by atoms with Crippen LogP contribution < -0.4 is 10.6 Å². The summed E-state index contributed by atoms with van der Waals surface area (Å²) in [6, 6.07) is 14.4. The molecular formula is C23H17F3N4O3. The number of amides is 1. The number of anilines is 2. The molecule has 0 bridgehead atoms. The molecule has 3 rings (SSSR count). The highest BCUT2D eigenvalue weighted by atomic mass is 19.4. The Labute approximate surface area is 186 Å². The summed E-state index contributed by atoms with van der Waals surface area (Å²) >= 11 is 0. The molecule has 0 aliphatic heterocycles. The van der Waals surface area contributed by atoms with E-state index in [0.717, 1.165) is 12.1 Å². The zero-order valence-electron chi connectivity index (χ0n) is 17.0. The van der Waals surface area contributed by atoms with Crippen molar-refractivity contribution in [1.82, 2.24) is 4.98 Å². The van der Waals surface area contributed by atoms with Crippen LogP contribution in [0.5, 0.6) is 0 Å². The third kappa shape index (κ3) is 6.80. The summed E-state index contributed by atoms with van der Waals surface area (Å²) in [4.78, 5) is 26.5. The van der Waals surface area contributed by atoms with Gasteiger partial charge < -0.3 is 10.6 Å². The van der Waals surface area contributed by atoms with Gasteiger partial charge in [-0.3, -0.25) is 14.9 Å². The minimum absolute atomic E-state index is 0.0167. The number of nitrogens with one attached hydrogen (secondary N) is 2. The zero-order chi connectivity index (χ0) is 23.8. The molecule has 0 unspecified atom stereocenters. The summed E-state index contributed by atoms with van der Waals surface area (Å²) < 4.78 is 38.4. The molecule has 168 valence electrons. The van der Waals surface area contributed by atoms with Gasteiger partial charge in [0.1, 0.15) is 11.4 Å². The average Bonchev–Trinajstić information content (AvgIpc) is 2.78. The molecule has 0 fully saturated rings. The minimum atomic E-state index is -4.69. The lowest BCUT2D eigenvalue weighted by Crippen LogP contribution is -2.17. The van der Waals surface area contributed by atoms with Crippen molar-refractivity contribution < 1.29 is 22.9 Å². The number of alkyl halides is 3. The van der Waals surface area contributed by atoms with Gasteiger partial charge in [-0.2, -0.15) is 13.2 Å². The highest BCUT2D eigenvalue weighted by Gasteiger charge is 2.33. The minimum Gasteiger partial charge on any atom is -0.379 e. The molecule has 2 aromatic carbocycles. The molecule has 0 aliphatic rings. The van der Waals surface area contributed by atoms with Crippen molar-refractivity contribution in [2.24, 2.45) is 0 Å². The number of hydrogen-bond acceptors (Lipinski definition) is 5. The summed E-state index contributed by atoms with van der Waals surface area (Å²) in [6.07, 6.45) is -3.13. The van der Waals surface area contributed by atoms with Crippen molar-refractivity contribution in [3.8, 4) is 11.8 Å². The van der Waals surface area contributed by atoms with E-state index in [1.54, 1.807) is 42.6 Å². The monoisotopic (exact) mass is 454 g/mol. The van der Waals surface area contributed by atoms with Crippen LogP contribution in [0, 0.1) is 22.0 Å². The Kier molecular flexibility index (Phi) is 7.25. The first-order valence-electron chi connectivity index (χ1n) is 9.65. The molecular weight excluding hydrogens is 437 g/mol. The van der Waals surface area contributed by atoms with Crippen LogP contribution >= 0.6 is 0 Å². The van der Waals surface area contributed by atoms with E-state index >= 15 is 0 Å². The van der Waals surface area contributed by atoms with E-state index in [4.69, 9.17) is 0 Å². The second-order valence-electron chi connectivity index (χ2n) is 6.76. The summed E-state index contributed by atoms with van der Waals surface area (Å²) in [5.74, 6) is 5.48. The molecule has 0 saturated heterocycles. The number of carbonyl (C=O) groups excluding carboxylic acids is 1. The highest BCUT2D eigenvalue weighted by Crippen LogP contribution is 2.34. The molecule has 0 aliphatic carbocycles. The van der Waals surface area contributed by atoms with Gasteiger partial charge in [0.05, 0.1) is 10.5 Å². The Hall–Kier alpha value is -4.39. The summed E-state index contributed by atoms with van der Waals surface area (Å²) in [6.45, 7) is -0.0167. The van der Waals surface area contributed by atoms with Gasteiger partial charge in [-0.25, -0.2) is 4.98 Å². The van der Waals surface area contributed by atoms with E-state index in [1.165, 1.54) is 0 Å². The quantitative estimate of drug-likeness (QED) is 0.315. The van der Waals surface area contributed by atoms with Crippen LogP contribution in [0.3, 0.4) is 0 Å². The fourth-order valence-corrected chi connectivity index (χ4v) is 2.79. The number of nitro benzene ring substituents is 1. The molecule has 0 radical (unpaired) electrons. The number of nitrogens with zero attached hydrogens (tertiary/aromatic N) is 2. The molecule has 2 N–H and O–H groups in total. The summed E-state index contributed by atoms with van der Waals surface area (Å²) in [5, 5.41) is 16.4. The van der Waals surface area contributed by atoms with Crippen LogP contribution in [-0.4, -0.2) is 22.4 Å². The number of carbonyl (C=O) groups is 1. The van der Waals surface area contributed by atoms with Crippen molar-refractivity contribution in [1.29, 1.82) is 0 Å². The maximum absolute atomic E-state index is 12.8. The SMILES string of the molecule is O=C(CCNc1ccc(C(F)(F)F)cc1[N+](=O)[O-])Nc1cccc(C#Cc2ccccn2)c1. The molecule has 3 aromatic rings. The number of benzene rings is 2. The lowest BCUT2D eigenvalue weighted by molar-refractivity contribution is -0.384. The second kappa shape index (κ2) is 10.3. The van der Waals surface area contributed by atoms with Gasteiger partial charge in [-0.15, -0.1) is 0 Å². The van der Waals surface area contributed by atoms with E-state index in [9.17, 15) is 28.1 Å². The van der Waals surface area contributed by atoms with Crippen LogP contribution in [0.15, 0.2) is 66.9 Å². The molecule has 0 saturated carbocycles. The summed E-state index contributed by atoms with van der Waals surface area (Å²) in [7, 11) is 0. The van der Waals surface area contributed by atoms with Crippen LogP contribution in [-0.2, 0) is 11.0 Å². The smallest absolute Gasteiger partial charge is 0.379 e. The number of rotatable bonds is 6. The molecule has 0 atom stereocenters. The molecule has 1 heterocycles. The maximum atomic E-state index is 12.8. The standard InChI is InChI=1S/C23H17F3N4O3/c24-23(25,26)17-8-10-20(21(15-17)30(32)33)28-13-11-22(31)29-19-6-3-4-16(14-19)7-9-18-5-1-2-12-27-18/h1-6,8,10,12,14-15,28H,11,13H2,(H,29,31). The van der Waals surface area contributed by atoms with E-state index in [0.29, 0.717) is 23.0 Å². The largest absolute Gasteiger partial charge is 0.416 e. The number of hydrogen-bond donors (Lipinski definition) is 2. The van der Waals surface area contributed by atoms with Gasteiger partial charge in [-0.05, 0) is 48.4 Å². The topological polar surface area (TPSA) is 97.2 Å². The molecule has 1 amide bonds. The fraction of sp³-hybridized carbons (Fsp3) is 0.130. The zero-order valence-corrected chi connectivity index (χ0v) is 17.0. The fourth-order valence-electron chi connectivity index (χ4n) is 2.79.